The van der Waals surface area contributed by atoms with Crippen molar-refractivity contribution in [3.05, 3.63) is 0 Å². The summed E-state index contributed by atoms with van der Waals surface area (Å²) in [7, 11) is 0.568. The summed E-state index contributed by atoms with van der Waals surface area (Å²) in [4.78, 5) is 0. The molecule has 0 aromatic rings. The zero-order valence-electron chi connectivity index (χ0n) is 2.86. The summed E-state index contributed by atoms with van der Waals surface area (Å²) in [6.07, 6.45) is 0. The molecule has 0 bridgehead atoms. The predicted molar refractivity (Wildman–Crippen MR) is 26.6 cm³/mol. The molecule has 0 unspecified atom stereocenters. The van der Waals surface area contributed by atoms with Crippen molar-refractivity contribution in [1.82, 2.24) is 0 Å². The van der Waals surface area contributed by atoms with Crippen molar-refractivity contribution in [3.63, 3.8) is 0 Å². The van der Waals surface area contributed by atoms with E-state index in [-0.39, 0.29) is 0 Å². The Bertz CT molecular complexity index is 56.7. The second kappa shape index (κ2) is 4.02. The lowest BCUT2D eigenvalue weighted by atomic mass is 11.8. The first-order valence-corrected chi connectivity index (χ1v) is 3.01. The molecule has 0 N–H and O–H groups in total. The molecule has 1 nitrogen and oxygen atoms in total. The van der Waals surface area contributed by atoms with Gasteiger partial charge in [-0.05, 0) is 12.2 Å². The van der Waals surface area contributed by atoms with Gasteiger partial charge in [0.15, 0.2) is 0 Å². The molecule has 0 spiro atoms. The molecule has 0 rings (SSSR count). The highest BCUT2D eigenvalue weighted by molar-refractivity contribution is 7.78. The van der Waals surface area contributed by atoms with Gasteiger partial charge in [0.25, 0.3) is 0 Å². The Morgan fingerprint density at radius 2 is 2.60 bits per heavy atom. The standard InChI is InChI=1S/C2H3NSSi/c1-5-3-2-4/h1H3. The van der Waals surface area contributed by atoms with E-state index >= 15 is 0 Å². The van der Waals surface area contributed by atoms with Crippen molar-refractivity contribution in [2.75, 3.05) is 0 Å². The van der Waals surface area contributed by atoms with Crippen LogP contribution in [0.25, 0.3) is 0 Å². The van der Waals surface area contributed by atoms with E-state index in [9.17, 15) is 0 Å². The number of hydrogen-bond acceptors (Lipinski definition) is 2. The average Bonchev–Trinajstić information content (AvgIpc) is 1.41. The fraction of sp³-hybridized carbons (Fsp3) is 0.500. The zero-order valence-corrected chi connectivity index (χ0v) is 4.67. The topological polar surface area (TPSA) is 12.4 Å². The van der Waals surface area contributed by atoms with Crippen molar-refractivity contribution in [3.8, 4) is 0 Å². The second-order valence-corrected chi connectivity index (χ2v) is 1.28. The molecule has 0 aliphatic carbocycles. The molecule has 0 atom stereocenters. The highest BCUT2D eigenvalue weighted by Gasteiger charge is 1.56. The average molecular weight is 101 g/mol. The normalized spacial score (nSPS) is 5.80. The van der Waals surface area contributed by atoms with E-state index in [2.05, 4.69) is 22.0 Å². The molecule has 0 aliphatic heterocycles. The van der Waals surface area contributed by atoms with Crippen LogP contribution in [0.5, 0.6) is 0 Å². The van der Waals surface area contributed by atoms with E-state index in [1.165, 1.54) is 0 Å². The maximum atomic E-state index is 4.24. The van der Waals surface area contributed by atoms with Crippen LogP contribution in [0.1, 0.15) is 0 Å². The lowest BCUT2D eigenvalue weighted by Crippen LogP contribution is -1.64. The zero-order chi connectivity index (χ0) is 4.12. The third kappa shape index (κ3) is 4.02. The van der Waals surface area contributed by atoms with Crippen LogP contribution in [-0.2, 0) is 0 Å². The van der Waals surface area contributed by atoms with Gasteiger partial charge in [-0.2, -0.15) is 0 Å². The van der Waals surface area contributed by atoms with Crippen LogP contribution in [0, 0.1) is 0 Å². The summed E-state index contributed by atoms with van der Waals surface area (Å²) in [5.41, 5.74) is 0. The molecule has 5 heavy (non-hydrogen) atoms. The van der Waals surface area contributed by atoms with E-state index in [1.54, 1.807) is 0 Å². The number of thiocarbonyl (C=S) groups is 1. The maximum Gasteiger partial charge on any atom is 0.221 e. The summed E-state index contributed by atoms with van der Waals surface area (Å²) in [5.74, 6) is 0. The minimum atomic E-state index is 0.568. The molecule has 2 radical (unpaired) electrons. The van der Waals surface area contributed by atoms with Gasteiger partial charge < -0.3 is 0 Å². The van der Waals surface area contributed by atoms with Crippen molar-refractivity contribution < 1.29 is 0 Å². The largest absolute Gasteiger partial charge is 0.276 e. The smallest absolute Gasteiger partial charge is 0.221 e. The molecule has 0 fully saturated rings. The molecular weight excluding hydrogens is 98.2 g/mol. The minimum Gasteiger partial charge on any atom is -0.276 e. The third-order valence-electron chi connectivity index (χ3n) is 0.157. The first-order chi connectivity index (χ1) is 2.41. The lowest BCUT2D eigenvalue weighted by Gasteiger charge is -1.56. The summed E-state index contributed by atoms with van der Waals surface area (Å²) in [6, 6.07) is 0. The van der Waals surface area contributed by atoms with E-state index < -0.39 is 0 Å². The van der Waals surface area contributed by atoms with Crippen LogP contribution < -0.4 is 0 Å². The molecule has 0 saturated carbocycles. The molecular formula is C2H3NSSi. The Kier molecular flexibility index (Phi) is 4.03. The second-order valence-electron chi connectivity index (χ2n) is 0.427. The first kappa shape index (κ1) is 5.02. The predicted octanol–water partition coefficient (Wildman–Crippen LogP) is 0.756. The van der Waals surface area contributed by atoms with E-state index in [4.69, 9.17) is 0 Å². The molecule has 0 saturated heterocycles. The molecule has 0 heterocycles. The lowest BCUT2D eigenvalue weighted by molar-refractivity contribution is 1.88. The quantitative estimate of drug-likeness (QED) is 0.270. The van der Waals surface area contributed by atoms with Crippen LogP contribution in [0.2, 0.25) is 6.55 Å². The van der Waals surface area contributed by atoms with Crippen molar-refractivity contribution in [1.29, 1.82) is 0 Å². The van der Waals surface area contributed by atoms with Crippen molar-refractivity contribution in [2.45, 2.75) is 6.55 Å². The Morgan fingerprint density at radius 3 is 2.60 bits per heavy atom. The van der Waals surface area contributed by atoms with Gasteiger partial charge in [-0.15, -0.1) is 0 Å². The summed E-state index contributed by atoms with van der Waals surface area (Å²) in [6.45, 7) is 1.94. The Labute approximate surface area is 39.0 Å². The highest BCUT2D eigenvalue weighted by Crippen LogP contribution is 1.51. The molecule has 0 aromatic carbocycles. The summed E-state index contributed by atoms with van der Waals surface area (Å²) >= 11 is 4.24. The van der Waals surface area contributed by atoms with Crippen LogP contribution in [0.3, 0.4) is 0 Å². The SMILES string of the molecule is C[Si]N=C=S. The van der Waals surface area contributed by atoms with Gasteiger partial charge in [0.1, 0.15) is 0 Å². The van der Waals surface area contributed by atoms with Gasteiger partial charge in [0.2, 0.25) is 9.68 Å². The van der Waals surface area contributed by atoms with Crippen LogP contribution >= 0.6 is 12.2 Å². The fourth-order valence-corrected chi connectivity index (χ4v) is 0.411. The van der Waals surface area contributed by atoms with Gasteiger partial charge in [0.05, 0.1) is 0 Å². The van der Waals surface area contributed by atoms with E-state index in [1.807, 2.05) is 6.55 Å². The minimum absolute atomic E-state index is 0.568. The van der Waals surface area contributed by atoms with Crippen molar-refractivity contribution >= 4 is 27.1 Å². The van der Waals surface area contributed by atoms with E-state index in [0.29, 0.717) is 9.68 Å². The fourth-order valence-electron chi connectivity index (χ4n) is 0.0456. The Morgan fingerprint density at radius 1 is 2.00 bits per heavy atom. The number of isothiocyanates is 1. The van der Waals surface area contributed by atoms with Crippen LogP contribution in [0.4, 0.5) is 0 Å². The Balaban J connectivity index is 2.93. The monoisotopic (exact) mass is 101 g/mol. The van der Waals surface area contributed by atoms with E-state index in [0.717, 1.165) is 0 Å². The van der Waals surface area contributed by atoms with Gasteiger partial charge in [0, 0.05) is 5.16 Å². The summed E-state index contributed by atoms with van der Waals surface area (Å²) in [5, 5.41) is 2.24. The molecule has 0 aliphatic rings. The molecule has 26 valence electrons. The number of nitrogens with zero attached hydrogens (tertiary/aromatic N) is 1. The van der Waals surface area contributed by atoms with Crippen LogP contribution in [-0.4, -0.2) is 14.8 Å². The van der Waals surface area contributed by atoms with Gasteiger partial charge >= 0.3 is 0 Å². The first-order valence-electron chi connectivity index (χ1n) is 1.15. The number of rotatable bonds is 1. The number of hydrogen-bond donors (Lipinski definition) is 0. The molecule has 0 aromatic heterocycles. The molecule has 0 amide bonds. The summed E-state index contributed by atoms with van der Waals surface area (Å²) < 4.78 is 3.56. The van der Waals surface area contributed by atoms with Gasteiger partial charge in [-0.3, -0.25) is 4.66 Å². The van der Waals surface area contributed by atoms with Gasteiger partial charge in [-0.1, -0.05) is 6.55 Å². The highest BCUT2D eigenvalue weighted by atomic mass is 32.1. The third-order valence-corrected chi connectivity index (χ3v) is 0.746. The molecule has 3 heteroatoms. The van der Waals surface area contributed by atoms with Crippen LogP contribution in [0.15, 0.2) is 4.66 Å². The Hall–Kier alpha value is 0.0169. The maximum absolute atomic E-state index is 4.24. The van der Waals surface area contributed by atoms with Gasteiger partial charge in [-0.25, -0.2) is 0 Å². The van der Waals surface area contributed by atoms with Crippen molar-refractivity contribution in [2.24, 2.45) is 4.66 Å².